The monoisotopic (exact) mass is 303 g/mol. The first-order valence-corrected chi connectivity index (χ1v) is 6.84. The van der Waals surface area contributed by atoms with Crippen molar-refractivity contribution < 1.29 is 14.3 Å². The Bertz CT molecular complexity index is 629. The fraction of sp³-hybridized carbons (Fsp3) is 0.250. The van der Waals surface area contributed by atoms with Gasteiger partial charge in [-0.3, -0.25) is 4.79 Å². The van der Waals surface area contributed by atoms with Crippen LogP contribution in [0.5, 0.6) is 0 Å². The number of pyridine rings is 1. The summed E-state index contributed by atoms with van der Waals surface area (Å²) in [5.41, 5.74) is 7.86. The Morgan fingerprint density at radius 2 is 1.91 bits per heavy atom. The minimum Gasteiger partial charge on any atom is -0.386 e. The van der Waals surface area contributed by atoms with Gasteiger partial charge in [-0.2, -0.15) is 0 Å². The lowest BCUT2D eigenvalue weighted by Gasteiger charge is -2.21. The minimum atomic E-state index is -1.10. The molecule has 2 atom stereocenters. The van der Waals surface area contributed by atoms with Crippen LogP contribution in [0.1, 0.15) is 18.6 Å². The van der Waals surface area contributed by atoms with Gasteiger partial charge in [-0.15, -0.1) is 0 Å². The highest BCUT2D eigenvalue weighted by atomic mass is 19.1. The molecule has 1 aromatic heterocycles. The van der Waals surface area contributed by atoms with E-state index in [0.29, 0.717) is 11.4 Å². The summed E-state index contributed by atoms with van der Waals surface area (Å²) in [4.78, 5) is 15.0. The van der Waals surface area contributed by atoms with Crippen molar-refractivity contribution >= 4 is 11.7 Å². The van der Waals surface area contributed by atoms with Gasteiger partial charge < -0.3 is 16.2 Å². The number of amides is 1. The van der Waals surface area contributed by atoms with E-state index in [4.69, 9.17) is 5.73 Å². The standard InChI is InChI=1S/C16H18FN3O2/c1-10(21)20-14(8-17)16(22)12-4-2-11(3-5-12)13-6-7-15(18)19-9-13/h2-7,9,14,16,22H,8H2,1H3,(H2,18,19)(H,20,21). The Hall–Kier alpha value is -2.47. The van der Waals surface area contributed by atoms with Gasteiger partial charge >= 0.3 is 0 Å². The predicted octanol–water partition coefficient (Wildman–Crippen LogP) is 1.84. The van der Waals surface area contributed by atoms with E-state index in [9.17, 15) is 14.3 Å². The average Bonchev–Trinajstić information content (AvgIpc) is 2.52. The van der Waals surface area contributed by atoms with Crippen LogP contribution in [0.4, 0.5) is 10.2 Å². The van der Waals surface area contributed by atoms with Gasteiger partial charge in [0.2, 0.25) is 5.91 Å². The van der Waals surface area contributed by atoms with Crippen molar-refractivity contribution in [1.29, 1.82) is 0 Å². The number of carbonyl (C=O) groups excluding carboxylic acids is 1. The normalized spacial score (nSPS) is 13.4. The maximum absolute atomic E-state index is 12.9. The van der Waals surface area contributed by atoms with Gasteiger partial charge in [-0.1, -0.05) is 24.3 Å². The molecule has 1 amide bonds. The number of nitrogens with zero attached hydrogens (tertiary/aromatic N) is 1. The van der Waals surface area contributed by atoms with E-state index in [1.807, 2.05) is 6.07 Å². The highest BCUT2D eigenvalue weighted by molar-refractivity contribution is 5.73. The Morgan fingerprint density at radius 1 is 1.27 bits per heavy atom. The van der Waals surface area contributed by atoms with Crippen molar-refractivity contribution in [2.75, 3.05) is 12.4 Å². The number of halogens is 1. The lowest BCUT2D eigenvalue weighted by molar-refractivity contribution is -0.120. The van der Waals surface area contributed by atoms with Gasteiger partial charge in [0.1, 0.15) is 18.6 Å². The second-order valence-electron chi connectivity index (χ2n) is 5.00. The zero-order valence-electron chi connectivity index (χ0n) is 12.2. The van der Waals surface area contributed by atoms with E-state index in [2.05, 4.69) is 10.3 Å². The molecule has 0 bridgehead atoms. The molecule has 6 heteroatoms. The summed E-state index contributed by atoms with van der Waals surface area (Å²) < 4.78 is 12.9. The molecular formula is C16H18FN3O2. The number of anilines is 1. The van der Waals surface area contributed by atoms with Gasteiger partial charge in [0.25, 0.3) is 0 Å². The molecule has 2 aromatic rings. The van der Waals surface area contributed by atoms with Gasteiger partial charge in [-0.05, 0) is 23.3 Å². The summed E-state index contributed by atoms with van der Waals surface area (Å²) in [6.07, 6.45) is 0.551. The molecule has 0 radical (unpaired) electrons. The number of alkyl halides is 1. The first kappa shape index (κ1) is 15.9. The molecule has 0 spiro atoms. The number of hydrogen-bond donors (Lipinski definition) is 3. The number of aliphatic hydroxyl groups is 1. The second-order valence-corrected chi connectivity index (χ2v) is 5.00. The molecule has 0 saturated heterocycles. The molecule has 1 heterocycles. The Balaban J connectivity index is 2.17. The van der Waals surface area contributed by atoms with Crippen molar-refractivity contribution in [3.05, 3.63) is 48.2 Å². The van der Waals surface area contributed by atoms with Crippen LogP contribution >= 0.6 is 0 Å². The fourth-order valence-electron chi connectivity index (χ4n) is 2.14. The molecule has 0 saturated carbocycles. The summed E-state index contributed by atoms with van der Waals surface area (Å²) in [5.74, 6) is 0.0585. The van der Waals surface area contributed by atoms with E-state index in [0.717, 1.165) is 11.1 Å². The number of aromatic nitrogens is 1. The lowest BCUT2D eigenvalue weighted by Crippen LogP contribution is -2.39. The number of aliphatic hydroxyl groups excluding tert-OH is 1. The van der Waals surface area contributed by atoms with Crippen molar-refractivity contribution in [3.63, 3.8) is 0 Å². The topological polar surface area (TPSA) is 88.2 Å². The zero-order chi connectivity index (χ0) is 16.1. The van der Waals surface area contributed by atoms with Crippen LogP contribution in [0.3, 0.4) is 0 Å². The maximum atomic E-state index is 12.9. The number of benzene rings is 1. The van der Waals surface area contributed by atoms with E-state index >= 15 is 0 Å². The molecule has 0 aliphatic carbocycles. The first-order chi connectivity index (χ1) is 10.5. The molecule has 0 aliphatic rings. The number of nitrogens with one attached hydrogen (secondary N) is 1. The van der Waals surface area contributed by atoms with Crippen molar-refractivity contribution in [1.82, 2.24) is 10.3 Å². The molecule has 0 aliphatic heterocycles. The average molecular weight is 303 g/mol. The predicted molar refractivity (Wildman–Crippen MR) is 82.6 cm³/mol. The quantitative estimate of drug-likeness (QED) is 0.786. The minimum absolute atomic E-state index is 0.383. The van der Waals surface area contributed by atoms with Crippen LogP contribution < -0.4 is 11.1 Å². The molecule has 4 N–H and O–H groups in total. The van der Waals surface area contributed by atoms with E-state index in [1.165, 1.54) is 6.92 Å². The summed E-state index contributed by atoms with van der Waals surface area (Å²) in [6.45, 7) is 0.441. The highest BCUT2D eigenvalue weighted by Crippen LogP contribution is 2.23. The molecule has 0 fully saturated rings. The molecular weight excluding hydrogens is 285 g/mol. The Kier molecular flexibility index (Phi) is 5.06. The molecule has 2 unspecified atom stereocenters. The van der Waals surface area contributed by atoms with Crippen LogP contribution in [0, 0.1) is 0 Å². The number of hydrogen-bond acceptors (Lipinski definition) is 4. The first-order valence-electron chi connectivity index (χ1n) is 6.84. The van der Waals surface area contributed by atoms with Crippen LogP contribution in [0.25, 0.3) is 11.1 Å². The summed E-state index contributed by atoms with van der Waals surface area (Å²) in [5, 5.41) is 12.5. The van der Waals surface area contributed by atoms with Gasteiger partial charge in [0, 0.05) is 18.7 Å². The number of rotatable bonds is 5. The fourth-order valence-corrected chi connectivity index (χ4v) is 2.14. The SMILES string of the molecule is CC(=O)NC(CF)C(O)c1ccc(-c2ccc(N)nc2)cc1. The highest BCUT2D eigenvalue weighted by Gasteiger charge is 2.21. The van der Waals surface area contributed by atoms with Crippen molar-refractivity contribution in [2.24, 2.45) is 0 Å². The number of nitrogens with two attached hydrogens (primary N) is 1. The lowest BCUT2D eigenvalue weighted by atomic mass is 9.99. The Morgan fingerprint density at radius 3 is 2.41 bits per heavy atom. The number of carbonyl (C=O) groups is 1. The summed E-state index contributed by atoms with van der Waals surface area (Å²) in [7, 11) is 0. The molecule has 116 valence electrons. The maximum Gasteiger partial charge on any atom is 0.217 e. The van der Waals surface area contributed by atoms with Crippen LogP contribution in [0.2, 0.25) is 0 Å². The van der Waals surface area contributed by atoms with Gasteiger partial charge in [0.05, 0.1) is 6.04 Å². The molecule has 22 heavy (non-hydrogen) atoms. The van der Waals surface area contributed by atoms with E-state index < -0.39 is 18.8 Å². The molecule has 2 rings (SSSR count). The third kappa shape index (κ3) is 3.79. The Labute approximate surface area is 128 Å². The van der Waals surface area contributed by atoms with E-state index in [1.54, 1.807) is 36.5 Å². The smallest absolute Gasteiger partial charge is 0.217 e. The third-order valence-electron chi connectivity index (χ3n) is 3.31. The van der Waals surface area contributed by atoms with Crippen molar-refractivity contribution in [2.45, 2.75) is 19.1 Å². The van der Waals surface area contributed by atoms with Crippen LogP contribution in [0.15, 0.2) is 42.6 Å². The largest absolute Gasteiger partial charge is 0.386 e. The van der Waals surface area contributed by atoms with Crippen molar-refractivity contribution in [3.8, 4) is 11.1 Å². The molecule has 1 aromatic carbocycles. The second kappa shape index (κ2) is 7.00. The third-order valence-corrected chi connectivity index (χ3v) is 3.31. The van der Waals surface area contributed by atoms with Gasteiger partial charge in [-0.25, -0.2) is 9.37 Å². The van der Waals surface area contributed by atoms with E-state index in [-0.39, 0.29) is 5.91 Å². The van der Waals surface area contributed by atoms with Crippen LogP contribution in [-0.2, 0) is 4.79 Å². The summed E-state index contributed by atoms with van der Waals surface area (Å²) >= 11 is 0. The summed E-state index contributed by atoms with van der Waals surface area (Å²) in [6, 6.07) is 9.58. The zero-order valence-corrected chi connectivity index (χ0v) is 12.2. The van der Waals surface area contributed by atoms with Gasteiger partial charge in [0.15, 0.2) is 0 Å². The molecule has 5 nitrogen and oxygen atoms in total. The van der Waals surface area contributed by atoms with Crippen LogP contribution in [-0.4, -0.2) is 28.7 Å². The number of nitrogen functional groups attached to an aromatic ring is 1.